The number of carboxylic acid groups (broad SMARTS) is 1. The molecule has 1 aromatic carbocycles. The molecule has 0 bridgehead atoms. The zero-order valence-corrected chi connectivity index (χ0v) is 20.6. The van der Waals surface area contributed by atoms with E-state index in [0.29, 0.717) is 37.0 Å². The van der Waals surface area contributed by atoms with E-state index >= 15 is 0 Å². The van der Waals surface area contributed by atoms with Gasteiger partial charge in [-0.05, 0) is 51.8 Å². The average Bonchev–Trinajstić information content (AvgIpc) is 2.63. The minimum absolute atomic E-state index is 0. The van der Waals surface area contributed by atoms with Crippen molar-refractivity contribution in [3.8, 4) is 0 Å². The summed E-state index contributed by atoms with van der Waals surface area (Å²) in [4.78, 5) is 35.9. The number of aryl methyl sites for hydroxylation is 1. The van der Waals surface area contributed by atoms with Crippen LogP contribution in [0, 0.1) is 0 Å². The van der Waals surface area contributed by atoms with Crippen molar-refractivity contribution in [3.63, 3.8) is 0 Å². The van der Waals surface area contributed by atoms with E-state index in [0.717, 1.165) is 5.56 Å². The van der Waals surface area contributed by atoms with E-state index in [4.69, 9.17) is 4.74 Å². The number of benzene rings is 1. The van der Waals surface area contributed by atoms with E-state index in [1.807, 2.05) is 26.0 Å². The second-order valence-corrected chi connectivity index (χ2v) is 7.76. The third-order valence-corrected chi connectivity index (χ3v) is 4.42. The van der Waals surface area contributed by atoms with Crippen LogP contribution in [0.1, 0.15) is 50.5 Å². The number of aromatic nitrogens is 1. The van der Waals surface area contributed by atoms with Gasteiger partial charge in [0.1, 0.15) is 11.2 Å². The van der Waals surface area contributed by atoms with Gasteiger partial charge in [0.25, 0.3) is 0 Å². The minimum atomic E-state index is -1.23. The van der Waals surface area contributed by atoms with E-state index in [2.05, 4.69) is 5.43 Å². The first-order chi connectivity index (χ1) is 13.6. The van der Waals surface area contributed by atoms with Crippen molar-refractivity contribution >= 4 is 52.5 Å². The van der Waals surface area contributed by atoms with Gasteiger partial charge >= 0.3 is 12.1 Å². The maximum atomic E-state index is 12.6. The van der Waals surface area contributed by atoms with E-state index in [1.165, 1.54) is 6.20 Å². The number of nitrogens with one attached hydrogen (secondary N) is 1. The number of rotatable bonds is 7. The normalized spacial score (nSPS) is 11.3. The fourth-order valence-corrected chi connectivity index (χ4v) is 3.00. The molecule has 2 aromatic rings. The van der Waals surface area contributed by atoms with Gasteiger partial charge in [0.2, 0.25) is 5.43 Å². The van der Waals surface area contributed by atoms with E-state index in [-0.39, 0.29) is 35.1 Å². The Morgan fingerprint density at radius 2 is 1.90 bits per heavy atom. The predicted octanol–water partition coefficient (Wildman–Crippen LogP) is 2.64. The Bertz CT molecular complexity index is 965. The average molecular weight is 426 g/mol. The molecule has 0 fully saturated rings. The molecule has 0 atom stereocenters. The van der Waals surface area contributed by atoms with Crippen LogP contribution in [0.4, 0.5) is 4.79 Å². The number of carbonyl (C=O) groups is 2. The van der Waals surface area contributed by atoms with Gasteiger partial charge in [-0.15, -0.1) is 0 Å². The maximum absolute atomic E-state index is 12.6. The summed E-state index contributed by atoms with van der Waals surface area (Å²) in [5.74, 6) is -1.23. The summed E-state index contributed by atoms with van der Waals surface area (Å²) in [5.41, 5.74) is 2.99. The predicted molar refractivity (Wildman–Crippen MR) is 117 cm³/mol. The first kappa shape index (κ1) is 26.2. The molecule has 9 heteroatoms. The van der Waals surface area contributed by atoms with Crippen molar-refractivity contribution in [2.24, 2.45) is 0 Å². The molecule has 1 amide bonds. The van der Waals surface area contributed by atoms with Gasteiger partial charge in [-0.3, -0.25) is 10.2 Å². The smallest absolute Gasteiger partial charge is 0.422 e. The van der Waals surface area contributed by atoms with Crippen LogP contribution in [0.25, 0.3) is 10.9 Å². The molecule has 1 radical (unpaired) electrons. The molecule has 0 aliphatic rings. The Morgan fingerprint density at radius 1 is 1.23 bits per heavy atom. The largest absolute Gasteiger partial charge is 0.477 e. The third-order valence-electron chi connectivity index (χ3n) is 4.42. The molecule has 30 heavy (non-hydrogen) atoms. The molecule has 0 spiro atoms. The Labute approximate surface area is 198 Å². The maximum Gasteiger partial charge on any atom is 0.422 e. The zero-order chi connectivity index (χ0) is 21.8. The molecular formula is C21H29N3NaO5. The van der Waals surface area contributed by atoms with Gasteiger partial charge in [-0.1, -0.05) is 13.0 Å². The van der Waals surface area contributed by atoms with Gasteiger partial charge in [0, 0.05) is 60.8 Å². The van der Waals surface area contributed by atoms with Gasteiger partial charge in [-0.25, -0.2) is 14.6 Å². The molecule has 0 saturated heterocycles. The van der Waals surface area contributed by atoms with Crippen LogP contribution < -0.4 is 10.9 Å². The first-order valence-electron chi connectivity index (χ1n) is 9.69. The van der Waals surface area contributed by atoms with Crippen LogP contribution in [-0.4, -0.2) is 75.0 Å². The number of carbonyl (C=O) groups excluding carboxylic acids is 1. The van der Waals surface area contributed by atoms with Crippen molar-refractivity contribution < 1.29 is 19.4 Å². The summed E-state index contributed by atoms with van der Waals surface area (Å²) in [7, 11) is 0. The van der Waals surface area contributed by atoms with Gasteiger partial charge in [0.05, 0.1) is 5.52 Å². The number of nitrogens with zero attached hydrogens (tertiary/aromatic N) is 2. The number of pyridine rings is 1. The molecule has 0 saturated carbocycles. The van der Waals surface area contributed by atoms with Crippen molar-refractivity contribution in [2.75, 3.05) is 13.1 Å². The topological polar surface area (TPSA) is 101 Å². The van der Waals surface area contributed by atoms with Crippen molar-refractivity contribution in [3.05, 3.63) is 45.7 Å². The van der Waals surface area contributed by atoms with E-state index in [1.54, 1.807) is 36.4 Å². The Balaban J connectivity index is 0.00000450. The van der Waals surface area contributed by atoms with Gasteiger partial charge in [0.15, 0.2) is 0 Å². The molecule has 2 rings (SSSR count). The summed E-state index contributed by atoms with van der Waals surface area (Å²) in [6.45, 7) is 10.9. The van der Waals surface area contributed by atoms with Crippen molar-refractivity contribution in [1.29, 1.82) is 0 Å². The summed E-state index contributed by atoms with van der Waals surface area (Å²) in [6, 6.07) is 5.48. The minimum Gasteiger partial charge on any atom is -0.477 e. The van der Waals surface area contributed by atoms with Crippen LogP contribution in [0.15, 0.2) is 29.2 Å². The number of hydrazine groups is 1. The van der Waals surface area contributed by atoms with Crippen LogP contribution in [0.3, 0.4) is 0 Å². The Hall–Kier alpha value is -1.87. The standard InChI is InChI=1S/C21H29N3O5.Na/c1-6-23-13-16(19(26)27)18(25)15-12-14(8-9-17(15)23)10-11-24(7-2)22-20(28)29-21(3,4)5;/h8-9,12-13H,6-7,10-11H2,1-5H3,(H,22,28)(H,26,27);. The third kappa shape index (κ3) is 6.84. The Morgan fingerprint density at radius 3 is 2.43 bits per heavy atom. The van der Waals surface area contributed by atoms with Crippen LogP contribution in [0.2, 0.25) is 0 Å². The second kappa shape index (κ2) is 10.9. The number of fused-ring (bicyclic) bond motifs is 1. The molecular weight excluding hydrogens is 397 g/mol. The molecule has 8 nitrogen and oxygen atoms in total. The van der Waals surface area contributed by atoms with Crippen LogP contribution in [-0.2, 0) is 17.7 Å². The number of likely N-dealkylation sites (N-methyl/N-ethyl adjacent to an activating group) is 1. The number of hydrogen-bond acceptors (Lipinski definition) is 5. The van der Waals surface area contributed by atoms with Crippen molar-refractivity contribution in [2.45, 2.75) is 53.2 Å². The monoisotopic (exact) mass is 426 g/mol. The van der Waals surface area contributed by atoms with Crippen LogP contribution >= 0.6 is 0 Å². The SMILES string of the molecule is CCN(CCc1ccc2c(c1)c(=O)c(C(=O)O)cn2CC)NC(=O)OC(C)(C)C.[Na]. The number of carboxylic acids is 1. The molecule has 2 N–H and O–H groups in total. The molecule has 0 aliphatic heterocycles. The number of ether oxygens (including phenoxy) is 1. The molecule has 0 aliphatic carbocycles. The fourth-order valence-electron chi connectivity index (χ4n) is 3.00. The zero-order valence-electron chi connectivity index (χ0n) is 18.6. The summed E-state index contributed by atoms with van der Waals surface area (Å²) >= 11 is 0. The summed E-state index contributed by atoms with van der Waals surface area (Å²) in [5, 5.41) is 11.4. The molecule has 1 heterocycles. The molecule has 0 unspecified atom stereocenters. The number of amides is 1. The van der Waals surface area contributed by atoms with Gasteiger partial charge < -0.3 is 14.4 Å². The fraction of sp³-hybridized carbons (Fsp3) is 0.476. The van der Waals surface area contributed by atoms with E-state index < -0.39 is 23.1 Å². The second-order valence-electron chi connectivity index (χ2n) is 7.76. The summed E-state index contributed by atoms with van der Waals surface area (Å²) in [6.07, 6.45) is 1.44. The number of hydrogen-bond donors (Lipinski definition) is 2. The Kier molecular flexibility index (Phi) is 9.55. The molecule has 1 aromatic heterocycles. The van der Waals surface area contributed by atoms with Gasteiger partial charge in [-0.2, -0.15) is 0 Å². The number of aromatic carboxylic acids is 1. The van der Waals surface area contributed by atoms with Crippen molar-refractivity contribution in [1.82, 2.24) is 15.0 Å². The first-order valence-corrected chi connectivity index (χ1v) is 9.69. The van der Waals surface area contributed by atoms with Crippen LogP contribution in [0.5, 0.6) is 0 Å². The van der Waals surface area contributed by atoms with E-state index in [9.17, 15) is 19.5 Å². The summed E-state index contributed by atoms with van der Waals surface area (Å²) < 4.78 is 7.02. The molecule has 159 valence electrons. The quantitative estimate of drug-likeness (QED) is 0.522.